The molecule has 1 heterocycles. The summed E-state index contributed by atoms with van der Waals surface area (Å²) in [5.74, 6) is 1.65. The van der Waals surface area contributed by atoms with Crippen molar-refractivity contribution in [2.75, 3.05) is 5.73 Å². The molecule has 23 heavy (non-hydrogen) atoms. The smallest absolute Gasteiger partial charge is 0.192 e. The molecule has 0 aromatic carbocycles. The Balaban J connectivity index is 2.13. The standard InChI is InChI=1S/C19H34N2OSi/c1-13-10-15(16-8-9-21-12-17(16)20)11-14(2)18(13)22-23(6,7)19(3,4)5/h8-9,12-15,18H,10-11,20H2,1-7H3/t13-,14-,15-,18+/m1/s1. The van der Waals surface area contributed by atoms with Crippen LogP contribution in [-0.2, 0) is 4.43 Å². The zero-order valence-electron chi connectivity index (χ0n) is 15.9. The molecule has 0 bridgehead atoms. The summed E-state index contributed by atoms with van der Waals surface area (Å²) in [7, 11) is -1.72. The Hall–Kier alpha value is -0.873. The summed E-state index contributed by atoms with van der Waals surface area (Å²) < 4.78 is 6.78. The van der Waals surface area contributed by atoms with Gasteiger partial charge in [-0.05, 0) is 60.4 Å². The van der Waals surface area contributed by atoms with Gasteiger partial charge in [-0.25, -0.2) is 0 Å². The SMILES string of the molecule is C[C@@H]1C[C@H](c2ccncc2N)C[C@@H](C)[C@@H]1O[Si](C)(C)C(C)(C)C. The van der Waals surface area contributed by atoms with Crippen molar-refractivity contribution in [3.63, 3.8) is 0 Å². The molecular formula is C19H34N2OSi. The van der Waals surface area contributed by atoms with Crippen LogP contribution in [0.2, 0.25) is 18.1 Å². The molecule has 0 amide bonds. The van der Waals surface area contributed by atoms with Gasteiger partial charge in [0.15, 0.2) is 8.32 Å². The third kappa shape index (κ3) is 3.97. The molecule has 4 heteroatoms. The van der Waals surface area contributed by atoms with Crippen LogP contribution >= 0.6 is 0 Å². The van der Waals surface area contributed by atoms with Crippen LogP contribution in [0.15, 0.2) is 18.5 Å². The highest BCUT2D eigenvalue weighted by atomic mass is 28.4. The van der Waals surface area contributed by atoms with Crippen LogP contribution in [0, 0.1) is 11.8 Å². The maximum Gasteiger partial charge on any atom is 0.192 e. The fourth-order valence-corrected chi connectivity index (χ4v) is 5.11. The predicted molar refractivity (Wildman–Crippen MR) is 101 cm³/mol. The van der Waals surface area contributed by atoms with Crippen LogP contribution < -0.4 is 5.73 Å². The lowest BCUT2D eigenvalue weighted by Gasteiger charge is -2.46. The number of nitrogens with two attached hydrogens (primary N) is 1. The number of pyridine rings is 1. The van der Waals surface area contributed by atoms with Gasteiger partial charge in [0.2, 0.25) is 0 Å². The van der Waals surface area contributed by atoms with E-state index in [9.17, 15) is 0 Å². The van der Waals surface area contributed by atoms with Gasteiger partial charge in [0.1, 0.15) is 0 Å². The molecule has 2 atom stereocenters. The first-order chi connectivity index (χ1) is 10.5. The minimum atomic E-state index is -1.72. The first-order valence-corrected chi connectivity index (χ1v) is 11.8. The second-order valence-electron chi connectivity index (χ2n) is 8.97. The Morgan fingerprint density at radius 1 is 1.17 bits per heavy atom. The molecule has 1 aliphatic rings. The van der Waals surface area contributed by atoms with Crippen molar-refractivity contribution in [1.82, 2.24) is 4.98 Å². The van der Waals surface area contributed by atoms with Crippen molar-refractivity contribution in [2.24, 2.45) is 11.8 Å². The van der Waals surface area contributed by atoms with E-state index in [1.165, 1.54) is 5.56 Å². The Labute approximate surface area is 143 Å². The van der Waals surface area contributed by atoms with E-state index in [-0.39, 0.29) is 5.04 Å². The van der Waals surface area contributed by atoms with Crippen LogP contribution in [0.25, 0.3) is 0 Å². The lowest BCUT2D eigenvalue weighted by atomic mass is 9.72. The maximum atomic E-state index is 6.78. The molecule has 0 spiro atoms. The molecule has 1 aromatic rings. The number of anilines is 1. The van der Waals surface area contributed by atoms with Crippen molar-refractivity contribution >= 4 is 14.0 Å². The highest BCUT2D eigenvalue weighted by molar-refractivity contribution is 6.74. The van der Waals surface area contributed by atoms with Crippen LogP contribution in [-0.4, -0.2) is 19.4 Å². The summed E-state index contributed by atoms with van der Waals surface area (Å²) in [6.45, 7) is 16.4. The van der Waals surface area contributed by atoms with Gasteiger partial charge < -0.3 is 10.2 Å². The van der Waals surface area contributed by atoms with Crippen molar-refractivity contribution in [3.05, 3.63) is 24.0 Å². The fourth-order valence-electron chi connectivity index (χ4n) is 3.62. The first-order valence-electron chi connectivity index (χ1n) is 8.90. The fraction of sp³-hybridized carbons (Fsp3) is 0.737. The number of rotatable bonds is 3. The van der Waals surface area contributed by atoms with Gasteiger partial charge in [-0.3, -0.25) is 4.98 Å². The van der Waals surface area contributed by atoms with Gasteiger partial charge >= 0.3 is 0 Å². The minimum absolute atomic E-state index is 0.263. The number of nitrogen functional groups attached to an aromatic ring is 1. The summed E-state index contributed by atoms with van der Waals surface area (Å²) in [6.07, 6.45) is 6.31. The number of hydrogen-bond acceptors (Lipinski definition) is 3. The lowest BCUT2D eigenvalue weighted by Crippen LogP contribution is -2.49. The maximum absolute atomic E-state index is 6.78. The third-order valence-corrected chi connectivity index (χ3v) is 10.5. The monoisotopic (exact) mass is 334 g/mol. The first kappa shape index (κ1) is 18.5. The van der Waals surface area contributed by atoms with E-state index in [4.69, 9.17) is 10.2 Å². The van der Waals surface area contributed by atoms with Crippen LogP contribution in [0.5, 0.6) is 0 Å². The number of hydrogen-bond donors (Lipinski definition) is 1. The molecule has 0 saturated heterocycles. The minimum Gasteiger partial charge on any atom is -0.413 e. The van der Waals surface area contributed by atoms with E-state index in [1.807, 2.05) is 6.20 Å². The molecule has 0 radical (unpaired) electrons. The predicted octanol–water partition coefficient (Wildman–Crippen LogP) is 5.20. The Bertz CT molecular complexity index is 526. The molecule has 0 unspecified atom stereocenters. The number of nitrogens with zero attached hydrogens (tertiary/aromatic N) is 1. The average molecular weight is 335 g/mol. The molecule has 3 nitrogen and oxygen atoms in total. The van der Waals surface area contributed by atoms with Crippen LogP contribution in [0.1, 0.15) is 58.9 Å². The van der Waals surface area contributed by atoms with Crippen LogP contribution in [0.3, 0.4) is 0 Å². The second kappa shape index (κ2) is 6.56. The number of aromatic nitrogens is 1. The summed E-state index contributed by atoms with van der Waals surface area (Å²) in [5, 5.41) is 0.263. The van der Waals surface area contributed by atoms with Crippen LogP contribution in [0.4, 0.5) is 5.69 Å². The summed E-state index contributed by atoms with van der Waals surface area (Å²) in [4.78, 5) is 4.12. The van der Waals surface area contributed by atoms with Crippen molar-refractivity contribution in [1.29, 1.82) is 0 Å². The van der Waals surface area contributed by atoms with Crippen molar-refractivity contribution in [3.8, 4) is 0 Å². The molecule has 1 saturated carbocycles. The third-order valence-electron chi connectivity index (χ3n) is 6.00. The van der Waals surface area contributed by atoms with Crippen molar-refractivity contribution < 1.29 is 4.43 Å². The molecule has 1 fully saturated rings. The molecule has 130 valence electrons. The molecule has 0 aliphatic heterocycles. The normalized spacial score (nSPS) is 29.5. The van der Waals surface area contributed by atoms with E-state index in [0.717, 1.165) is 18.5 Å². The molecule has 1 aromatic heterocycles. The van der Waals surface area contributed by atoms with Gasteiger partial charge in [-0.2, -0.15) is 0 Å². The summed E-state index contributed by atoms with van der Waals surface area (Å²) in [6, 6.07) is 2.09. The Morgan fingerprint density at radius 2 is 1.74 bits per heavy atom. The highest BCUT2D eigenvalue weighted by Crippen LogP contribution is 2.45. The Morgan fingerprint density at radius 3 is 2.22 bits per heavy atom. The largest absolute Gasteiger partial charge is 0.413 e. The molecule has 1 aliphatic carbocycles. The van der Waals surface area contributed by atoms with Gasteiger partial charge in [0, 0.05) is 6.20 Å². The average Bonchev–Trinajstić information content (AvgIpc) is 2.42. The van der Waals surface area contributed by atoms with Gasteiger partial charge in [0.25, 0.3) is 0 Å². The topological polar surface area (TPSA) is 48.1 Å². The highest BCUT2D eigenvalue weighted by Gasteiger charge is 2.43. The summed E-state index contributed by atoms with van der Waals surface area (Å²) >= 11 is 0. The van der Waals surface area contributed by atoms with E-state index in [0.29, 0.717) is 23.9 Å². The molecule has 2 N–H and O–H groups in total. The lowest BCUT2D eigenvalue weighted by molar-refractivity contribution is 0.0349. The second-order valence-corrected chi connectivity index (χ2v) is 13.7. The molecule has 2 rings (SSSR count). The van der Waals surface area contributed by atoms with E-state index >= 15 is 0 Å². The van der Waals surface area contributed by atoms with Crippen molar-refractivity contribution in [2.45, 2.75) is 77.6 Å². The Kier molecular flexibility index (Phi) is 5.26. The molecular weight excluding hydrogens is 300 g/mol. The van der Waals surface area contributed by atoms with Gasteiger partial charge in [-0.1, -0.05) is 34.6 Å². The van der Waals surface area contributed by atoms with Gasteiger partial charge in [-0.15, -0.1) is 0 Å². The van der Waals surface area contributed by atoms with E-state index in [1.54, 1.807) is 6.20 Å². The van der Waals surface area contributed by atoms with E-state index < -0.39 is 8.32 Å². The van der Waals surface area contributed by atoms with E-state index in [2.05, 4.69) is 58.8 Å². The van der Waals surface area contributed by atoms with Gasteiger partial charge in [0.05, 0.1) is 18.0 Å². The zero-order chi connectivity index (χ0) is 17.4. The zero-order valence-corrected chi connectivity index (χ0v) is 16.9. The summed E-state index contributed by atoms with van der Waals surface area (Å²) in [5.41, 5.74) is 8.25. The quantitative estimate of drug-likeness (QED) is 0.772.